The van der Waals surface area contributed by atoms with Crippen molar-refractivity contribution in [2.24, 2.45) is 0 Å². The van der Waals surface area contributed by atoms with E-state index in [2.05, 4.69) is 10.3 Å². The van der Waals surface area contributed by atoms with Crippen molar-refractivity contribution in [2.75, 3.05) is 11.1 Å². The van der Waals surface area contributed by atoms with Gasteiger partial charge in [-0.05, 0) is 43.2 Å². The largest absolute Gasteiger partial charge is 0.398 e. The number of aromatic nitrogens is 1. The Morgan fingerprint density at radius 1 is 1.17 bits per heavy atom. The van der Waals surface area contributed by atoms with Crippen molar-refractivity contribution < 1.29 is 4.79 Å². The molecule has 116 valence electrons. The molecule has 0 unspecified atom stereocenters. The predicted octanol–water partition coefficient (Wildman–Crippen LogP) is 4.34. The van der Waals surface area contributed by atoms with Crippen molar-refractivity contribution in [3.8, 4) is 0 Å². The zero-order valence-corrected chi connectivity index (χ0v) is 13.6. The Kier molecular flexibility index (Phi) is 3.92. The summed E-state index contributed by atoms with van der Waals surface area (Å²) in [5.74, 6) is -0.286. The number of benzene rings is 2. The molecular weight excluding hydrogens is 310 g/mol. The van der Waals surface area contributed by atoms with E-state index < -0.39 is 0 Å². The van der Waals surface area contributed by atoms with Gasteiger partial charge in [0.2, 0.25) is 0 Å². The van der Waals surface area contributed by atoms with Crippen LogP contribution in [0.3, 0.4) is 0 Å². The number of nitrogens with two attached hydrogens (primary N) is 1. The highest BCUT2D eigenvalue weighted by Gasteiger charge is 2.15. The molecule has 5 heteroatoms. The number of anilines is 2. The molecule has 0 saturated carbocycles. The Morgan fingerprint density at radius 2 is 1.96 bits per heavy atom. The lowest BCUT2D eigenvalue weighted by Crippen LogP contribution is -2.15. The number of hydrogen-bond donors (Lipinski definition) is 2. The Labute approximate surface area is 139 Å². The molecule has 0 aliphatic heterocycles. The second-order valence-corrected chi connectivity index (χ2v) is 5.91. The lowest BCUT2D eigenvalue weighted by atomic mass is 10.0. The number of nitrogens with zero attached hydrogens (tertiary/aromatic N) is 1. The van der Waals surface area contributed by atoms with Crippen molar-refractivity contribution >= 4 is 39.7 Å². The number of halogens is 1. The first-order valence-electron chi connectivity index (χ1n) is 7.18. The maximum Gasteiger partial charge on any atom is 0.274 e. The van der Waals surface area contributed by atoms with Crippen LogP contribution in [-0.4, -0.2) is 10.9 Å². The molecule has 0 aliphatic rings. The van der Waals surface area contributed by atoms with Gasteiger partial charge in [-0.3, -0.25) is 9.78 Å². The van der Waals surface area contributed by atoms with Crippen LogP contribution < -0.4 is 11.1 Å². The van der Waals surface area contributed by atoms with Gasteiger partial charge < -0.3 is 11.1 Å². The fourth-order valence-electron chi connectivity index (χ4n) is 2.59. The van der Waals surface area contributed by atoms with E-state index in [1.54, 1.807) is 18.3 Å². The molecule has 2 aromatic carbocycles. The fraction of sp³-hybridized carbons (Fsp3) is 0.111. The van der Waals surface area contributed by atoms with E-state index in [0.29, 0.717) is 22.1 Å². The van der Waals surface area contributed by atoms with Crippen molar-refractivity contribution in [3.05, 3.63) is 64.4 Å². The average molecular weight is 326 g/mol. The highest BCUT2D eigenvalue weighted by atomic mass is 35.5. The Bertz CT molecular complexity index is 913. The highest BCUT2D eigenvalue weighted by molar-refractivity contribution is 6.31. The summed E-state index contributed by atoms with van der Waals surface area (Å²) >= 11 is 6.00. The first-order valence-corrected chi connectivity index (χ1v) is 7.56. The van der Waals surface area contributed by atoms with Crippen LogP contribution in [0, 0.1) is 13.8 Å². The molecule has 3 aromatic rings. The van der Waals surface area contributed by atoms with Crippen LogP contribution >= 0.6 is 11.6 Å². The summed E-state index contributed by atoms with van der Waals surface area (Å²) in [5, 5.41) is 5.03. The maximum atomic E-state index is 12.7. The summed E-state index contributed by atoms with van der Waals surface area (Å²) in [7, 11) is 0. The zero-order chi connectivity index (χ0) is 16.6. The van der Waals surface area contributed by atoms with Crippen LogP contribution in [0.5, 0.6) is 0 Å². The molecule has 0 fully saturated rings. The quantitative estimate of drug-likeness (QED) is 0.689. The topological polar surface area (TPSA) is 68.0 Å². The van der Waals surface area contributed by atoms with Gasteiger partial charge in [0.25, 0.3) is 5.91 Å². The average Bonchev–Trinajstić information content (AvgIpc) is 2.51. The zero-order valence-electron chi connectivity index (χ0n) is 12.9. The van der Waals surface area contributed by atoms with E-state index >= 15 is 0 Å². The van der Waals surface area contributed by atoms with Crippen molar-refractivity contribution in [1.82, 2.24) is 4.98 Å². The first kappa shape index (κ1) is 15.3. The predicted molar refractivity (Wildman–Crippen MR) is 95.0 cm³/mol. The number of carbonyl (C=O) groups excluding carboxylic acids is 1. The van der Waals surface area contributed by atoms with E-state index in [9.17, 15) is 4.79 Å². The monoisotopic (exact) mass is 325 g/mol. The molecule has 1 aromatic heterocycles. The van der Waals surface area contributed by atoms with Gasteiger partial charge in [0.15, 0.2) is 0 Å². The second-order valence-electron chi connectivity index (χ2n) is 5.47. The molecule has 0 bridgehead atoms. The van der Waals surface area contributed by atoms with Gasteiger partial charge in [-0.15, -0.1) is 0 Å². The third kappa shape index (κ3) is 2.85. The smallest absolute Gasteiger partial charge is 0.274 e. The number of hydrogen-bond acceptors (Lipinski definition) is 3. The van der Waals surface area contributed by atoms with Gasteiger partial charge in [-0.2, -0.15) is 0 Å². The van der Waals surface area contributed by atoms with E-state index in [-0.39, 0.29) is 5.91 Å². The number of aryl methyl sites for hydroxylation is 2. The van der Waals surface area contributed by atoms with E-state index in [1.165, 1.54) is 0 Å². The van der Waals surface area contributed by atoms with Crippen LogP contribution in [0.4, 0.5) is 11.4 Å². The molecule has 23 heavy (non-hydrogen) atoms. The second kappa shape index (κ2) is 5.89. The van der Waals surface area contributed by atoms with Crippen LogP contribution in [-0.2, 0) is 0 Å². The number of rotatable bonds is 2. The number of carbonyl (C=O) groups is 1. The Morgan fingerprint density at radius 3 is 2.74 bits per heavy atom. The Balaban J connectivity index is 2.07. The number of pyridine rings is 1. The van der Waals surface area contributed by atoms with Crippen LogP contribution in [0.1, 0.15) is 21.6 Å². The van der Waals surface area contributed by atoms with Crippen LogP contribution in [0.15, 0.2) is 42.6 Å². The normalized spacial score (nSPS) is 10.7. The molecule has 1 heterocycles. The molecule has 3 rings (SSSR count). The van der Waals surface area contributed by atoms with Gasteiger partial charge in [0, 0.05) is 33.4 Å². The van der Waals surface area contributed by atoms with E-state index in [4.69, 9.17) is 17.3 Å². The first-order chi connectivity index (χ1) is 11.0. The number of nitrogen functional groups attached to an aromatic ring is 1. The fourth-order valence-corrected chi connectivity index (χ4v) is 2.77. The third-order valence-electron chi connectivity index (χ3n) is 3.80. The molecule has 1 amide bonds. The maximum absolute atomic E-state index is 12.7. The summed E-state index contributed by atoms with van der Waals surface area (Å²) in [6.45, 7) is 3.83. The summed E-state index contributed by atoms with van der Waals surface area (Å²) in [4.78, 5) is 17.0. The molecule has 4 nitrogen and oxygen atoms in total. The number of amides is 1. The van der Waals surface area contributed by atoms with Gasteiger partial charge in [0.05, 0.1) is 0 Å². The van der Waals surface area contributed by atoms with Crippen LogP contribution in [0.25, 0.3) is 10.8 Å². The Hall–Kier alpha value is -2.59. The van der Waals surface area contributed by atoms with Gasteiger partial charge in [-0.25, -0.2) is 0 Å². The molecular formula is C18H16ClN3O. The minimum Gasteiger partial charge on any atom is -0.398 e. The van der Waals surface area contributed by atoms with E-state index in [1.807, 2.05) is 38.1 Å². The molecule has 0 atom stereocenters. The van der Waals surface area contributed by atoms with Gasteiger partial charge in [-0.1, -0.05) is 29.8 Å². The minimum absolute atomic E-state index is 0.286. The van der Waals surface area contributed by atoms with Crippen molar-refractivity contribution in [2.45, 2.75) is 13.8 Å². The summed E-state index contributed by atoms with van der Waals surface area (Å²) in [5.41, 5.74) is 9.56. The third-order valence-corrected chi connectivity index (χ3v) is 4.03. The van der Waals surface area contributed by atoms with Gasteiger partial charge >= 0.3 is 0 Å². The molecule has 0 saturated heterocycles. The lowest BCUT2D eigenvalue weighted by Gasteiger charge is -2.12. The summed E-state index contributed by atoms with van der Waals surface area (Å²) in [6.07, 6.45) is 1.67. The van der Waals surface area contributed by atoms with Gasteiger partial charge in [0.1, 0.15) is 5.69 Å². The SMILES string of the molecule is Cc1ccc(Cl)cc1NC(=O)c1ncc(C)c2c(N)cccc12. The molecule has 0 radical (unpaired) electrons. The van der Waals surface area contributed by atoms with Crippen molar-refractivity contribution in [3.63, 3.8) is 0 Å². The van der Waals surface area contributed by atoms with Crippen molar-refractivity contribution in [1.29, 1.82) is 0 Å². The van der Waals surface area contributed by atoms with Crippen LogP contribution in [0.2, 0.25) is 5.02 Å². The number of fused-ring (bicyclic) bond motifs is 1. The minimum atomic E-state index is -0.286. The highest BCUT2D eigenvalue weighted by Crippen LogP contribution is 2.27. The molecule has 3 N–H and O–H groups in total. The lowest BCUT2D eigenvalue weighted by molar-refractivity contribution is 0.102. The summed E-state index contributed by atoms with van der Waals surface area (Å²) in [6, 6.07) is 10.9. The number of nitrogens with one attached hydrogen (secondary N) is 1. The van der Waals surface area contributed by atoms with E-state index in [0.717, 1.165) is 21.9 Å². The molecule has 0 aliphatic carbocycles. The molecule has 0 spiro atoms. The summed E-state index contributed by atoms with van der Waals surface area (Å²) < 4.78 is 0. The standard InChI is InChI=1S/C18H16ClN3O/c1-10-6-7-12(19)8-15(10)22-18(23)17-13-4-3-5-14(20)16(13)11(2)9-21-17/h3-9H,20H2,1-2H3,(H,22,23).